The number of aromatic nitrogens is 3. The van der Waals surface area contributed by atoms with E-state index in [1.165, 1.54) is 30.6 Å². The second kappa shape index (κ2) is 13.6. The first-order chi connectivity index (χ1) is 20.7. The van der Waals surface area contributed by atoms with Crippen molar-refractivity contribution in [1.29, 1.82) is 0 Å². The molecule has 11 nitrogen and oxygen atoms in total. The van der Waals surface area contributed by atoms with Gasteiger partial charge in [-0.1, -0.05) is 55.2 Å². The summed E-state index contributed by atoms with van der Waals surface area (Å²) in [5.74, 6) is -0.965. The maximum Gasteiger partial charge on any atom is 0.304 e. The van der Waals surface area contributed by atoms with Crippen LogP contribution in [0.3, 0.4) is 0 Å². The van der Waals surface area contributed by atoms with Crippen LogP contribution in [-0.2, 0) is 26.2 Å². The molecule has 0 unspecified atom stereocenters. The van der Waals surface area contributed by atoms with Crippen LogP contribution in [0.4, 0.5) is 5.13 Å². The summed E-state index contributed by atoms with van der Waals surface area (Å²) in [4.78, 5) is 38.7. The van der Waals surface area contributed by atoms with E-state index in [4.69, 9.17) is 4.74 Å². The standard InChI is InChI=1S/C30H33N5O6S2/c1-41-26-14-13-25-29(33-26)42-30(32-25)34-28(38)24(18-20-6-2-3-7-20)21-9-11-23(12-10-21)43(39,40)35(17-15-27(36)37)19-22-8-4-5-16-31-22/h4-5,8-14,16,20,24H,2-3,6-7,15,17-19H2,1H3,(H,36,37)(H,32,34,38)/t24-/m1/s1. The Bertz CT molecular complexity index is 1670. The third kappa shape index (κ3) is 7.53. The number of amides is 1. The second-order valence-corrected chi connectivity index (χ2v) is 13.4. The number of aliphatic carboxylic acids is 1. The molecule has 43 heavy (non-hydrogen) atoms. The van der Waals surface area contributed by atoms with Crippen LogP contribution in [0.1, 0.15) is 55.7 Å². The van der Waals surface area contributed by atoms with Gasteiger partial charge in [0.1, 0.15) is 10.3 Å². The molecule has 3 heterocycles. The zero-order valence-corrected chi connectivity index (χ0v) is 25.3. The third-order valence-electron chi connectivity index (χ3n) is 7.59. The average molecular weight is 624 g/mol. The summed E-state index contributed by atoms with van der Waals surface area (Å²) in [7, 11) is -2.51. The van der Waals surface area contributed by atoms with Crippen molar-refractivity contribution in [2.45, 2.75) is 55.9 Å². The first kappa shape index (κ1) is 30.5. The summed E-state index contributed by atoms with van der Waals surface area (Å²) in [6.07, 6.45) is 6.21. The predicted molar refractivity (Wildman–Crippen MR) is 162 cm³/mol. The molecule has 4 aromatic rings. The lowest BCUT2D eigenvalue weighted by Gasteiger charge is -2.23. The van der Waals surface area contributed by atoms with Gasteiger partial charge in [-0.15, -0.1) is 0 Å². The largest absolute Gasteiger partial charge is 0.481 e. The van der Waals surface area contributed by atoms with Crippen molar-refractivity contribution in [3.05, 3.63) is 72.1 Å². The number of sulfonamides is 1. The fourth-order valence-electron chi connectivity index (χ4n) is 5.33. The minimum Gasteiger partial charge on any atom is -0.481 e. The first-order valence-electron chi connectivity index (χ1n) is 14.1. The van der Waals surface area contributed by atoms with E-state index in [1.54, 1.807) is 48.7 Å². The van der Waals surface area contributed by atoms with Gasteiger partial charge in [0.25, 0.3) is 0 Å². The lowest BCUT2D eigenvalue weighted by atomic mass is 9.87. The zero-order chi connectivity index (χ0) is 30.4. The summed E-state index contributed by atoms with van der Waals surface area (Å²) in [5.41, 5.74) is 1.86. The molecule has 0 bridgehead atoms. The highest BCUT2D eigenvalue weighted by atomic mass is 32.2. The van der Waals surface area contributed by atoms with Gasteiger partial charge in [-0.05, 0) is 48.2 Å². The number of anilines is 1. The van der Waals surface area contributed by atoms with Crippen molar-refractivity contribution < 1.29 is 27.9 Å². The van der Waals surface area contributed by atoms with Crippen molar-refractivity contribution >= 4 is 48.7 Å². The van der Waals surface area contributed by atoms with E-state index in [0.717, 1.165) is 30.0 Å². The number of carboxylic acids is 1. The number of hydrogen-bond acceptors (Lipinski definition) is 9. The van der Waals surface area contributed by atoms with Crippen molar-refractivity contribution in [2.24, 2.45) is 5.92 Å². The number of carboxylic acid groups (broad SMARTS) is 1. The zero-order valence-electron chi connectivity index (χ0n) is 23.7. The molecule has 0 aliphatic heterocycles. The van der Waals surface area contributed by atoms with Crippen molar-refractivity contribution in [3.63, 3.8) is 0 Å². The molecule has 0 spiro atoms. The van der Waals surface area contributed by atoms with Crippen LogP contribution < -0.4 is 10.1 Å². The van der Waals surface area contributed by atoms with Gasteiger partial charge < -0.3 is 15.2 Å². The van der Waals surface area contributed by atoms with E-state index in [9.17, 15) is 23.1 Å². The van der Waals surface area contributed by atoms with Gasteiger partial charge in [-0.2, -0.15) is 4.31 Å². The van der Waals surface area contributed by atoms with Crippen molar-refractivity contribution in [3.8, 4) is 5.88 Å². The van der Waals surface area contributed by atoms with E-state index < -0.39 is 21.9 Å². The molecule has 1 aromatic carbocycles. The Labute approximate surface area is 254 Å². The van der Waals surface area contributed by atoms with Crippen molar-refractivity contribution in [1.82, 2.24) is 19.3 Å². The van der Waals surface area contributed by atoms with Gasteiger partial charge in [0.15, 0.2) is 5.13 Å². The number of ether oxygens (including phenoxy) is 1. The number of carbonyl (C=O) groups excluding carboxylic acids is 1. The van der Waals surface area contributed by atoms with Crippen LogP contribution in [0.2, 0.25) is 0 Å². The number of carbonyl (C=O) groups is 2. The molecule has 1 amide bonds. The van der Waals surface area contributed by atoms with Crippen molar-refractivity contribution in [2.75, 3.05) is 19.0 Å². The van der Waals surface area contributed by atoms with Crippen LogP contribution in [-0.4, -0.2) is 58.3 Å². The van der Waals surface area contributed by atoms with Crippen LogP contribution in [0.25, 0.3) is 10.3 Å². The Balaban J connectivity index is 1.38. The monoisotopic (exact) mass is 623 g/mol. The highest BCUT2D eigenvalue weighted by Gasteiger charge is 2.30. The van der Waals surface area contributed by atoms with E-state index in [0.29, 0.717) is 45.0 Å². The lowest BCUT2D eigenvalue weighted by molar-refractivity contribution is -0.137. The predicted octanol–water partition coefficient (Wildman–Crippen LogP) is 5.06. The third-order valence-corrected chi connectivity index (χ3v) is 10.3. The number of hydrogen-bond donors (Lipinski definition) is 2. The molecule has 226 valence electrons. The summed E-state index contributed by atoms with van der Waals surface area (Å²) in [6.45, 7) is -0.264. The smallest absolute Gasteiger partial charge is 0.304 e. The quantitative estimate of drug-likeness (QED) is 0.208. The minimum atomic E-state index is -4.05. The number of methoxy groups -OCH3 is 1. The number of benzene rings is 1. The van der Waals surface area contributed by atoms with E-state index in [-0.39, 0.29) is 30.3 Å². The first-order valence-corrected chi connectivity index (χ1v) is 16.3. The molecule has 1 aliphatic carbocycles. The van der Waals surface area contributed by atoms with Gasteiger partial charge in [0.2, 0.25) is 21.8 Å². The molecule has 1 saturated carbocycles. The molecular weight excluding hydrogens is 590 g/mol. The molecule has 1 fully saturated rings. The number of pyridine rings is 2. The average Bonchev–Trinajstić information content (AvgIpc) is 3.67. The summed E-state index contributed by atoms with van der Waals surface area (Å²) in [6, 6.07) is 15.0. The SMILES string of the molecule is COc1ccc2nc(NC(=O)[C@H](CC3CCCC3)c3ccc(S(=O)(=O)N(CCC(=O)O)Cc4ccccn4)cc3)sc2n1. The van der Waals surface area contributed by atoms with Gasteiger partial charge in [-0.25, -0.2) is 18.4 Å². The summed E-state index contributed by atoms with van der Waals surface area (Å²) >= 11 is 1.26. The normalized spacial score (nSPS) is 14.7. The van der Waals surface area contributed by atoms with Gasteiger partial charge in [0, 0.05) is 18.8 Å². The van der Waals surface area contributed by atoms with Crippen LogP contribution >= 0.6 is 11.3 Å². The summed E-state index contributed by atoms with van der Waals surface area (Å²) in [5, 5.41) is 12.6. The number of fused-ring (bicyclic) bond motifs is 1. The number of rotatable bonds is 13. The Hall–Kier alpha value is -3.94. The molecule has 1 atom stereocenters. The number of nitrogens with zero attached hydrogens (tertiary/aromatic N) is 4. The number of nitrogens with one attached hydrogen (secondary N) is 1. The maximum absolute atomic E-state index is 13.7. The molecule has 0 radical (unpaired) electrons. The van der Waals surface area contributed by atoms with Crippen LogP contribution in [0.5, 0.6) is 5.88 Å². The van der Waals surface area contributed by atoms with E-state index >= 15 is 0 Å². The fourth-order valence-corrected chi connectivity index (χ4v) is 7.58. The topological polar surface area (TPSA) is 152 Å². The molecule has 0 saturated heterocycles. The molecule has 13 heteroatoms. The highest BCUT2D eigenvalue weighted by molar-refractivity contribution is 7.89. The lowest BCUT2D eigenvalue weighted by Crippen LogP contribution is -2.33. The Morgan fingerprint density at radius 1 is 1.09 bits per heavy atom. The maximum atomic E-state index is 13.7. The molecule has 1 aliphatic rings. The van der Waals surface area contributed by atoms with Gasteiger partial charge in [-0.3, -0.25) is 14.6 Å². The van der Waals surface area contributed by atoms with E-state index in [1.807, 2.05) is 0 Å². The van der Waals surface area contributed by atoms with Gasteiger partial charge >= 0.3 is 5.97 Å². The summed E-state index contributed by atoms with van der Waals surface area (Å²) < 4.78 is 33.6. The van der Waals surface area contributed by atoms with E-state index in [2.05, 4.69) is 20.3 Å². The van der Waals surface area contributed by atoms with Crippen LogP contribution in [0, 0.1) is 5.92 Å². The van der Waals surface area contributed by atoms with Gasteiger partial charge in [0.05, 0.1) is 36.6 Å². The highest BCUT2D eigenvalue weighted by Crippen LogP contribution is 2.36. The van der Waals surface area contributed by atoms with Crippen LogP contribution in [0.15, 0.2) is 65.7 Å². The Morgan fingerprint density at radius 2 is 1.86 bits per heavy atom. The minimum absolute atomic E-state index is 0.0174. The fraction of sp³-hybridized carbons (Fsp3) is 0.367. The molecular formula is C30H33N5O6S2. The molecule has 5 rings (SSSR count). The molecule has 3 aromatic heterocycles. The Morgan fingerprint density at radius 3 is 2.53 bits per heavy atom. The Kier molecular flexibility index (Phi) is 9.63. The second-order valence-electron chi connectivity index (χ2n) is 10.5. The number of thiazole rings is 1. The molecule has 2 N–H and O–H groups in total.